The van der Waals surface area contributed by atoms with Crippen LogP contribution in [0.25, 0.3) is 10.9 Å². The van der Waals surface area contributed by atoms with E-state index in [0.717, 1.165) is 19.3 Å². The molecule has 0 aliphatic heterocycles. The average molecular weight is 479 g/mol. The van der Waals surface area contributed by atoms with Gasteiger partial charge in [-0.2, -0.15) is 0 Å². The maximum absolute atomic E-state index is 11.5. The normalized spacial score (nSPS) is 21.0. The molecule has 1 heterocycles. The Bertz CT molecular complexity index is 1150. The number of H-pyrrole nitrogens is 1. The summed E-state index contributed by atoms with van der Waals surface area (Å²) in [5, 5.41) is 35.3. The summed E-state index contributed by atoms with van der Waals surface area (Å²) < 4.78 is 4.93. The van der Waals surface area contributed by atoms with Gasteiger partial charge in [0.15, 0.2) is 0 Å². The molecule has 7 nitrogen and oxygen atoms in total. The number of fused-ring (bicyclic) bond motifs is 1. The lowest BCUT2D eigenvalue weighted by Gasteiger charge is -2.40. The van der Waals surface area contributed by atoms with Crippen molar-refractivity contribution in [3.05, 3.63) is 57.6 Å². The highest BCUT2D eigenvalue weighted by molar-refractivity contribution is 6.38. The molecular weight excluding hydrogens is 455 g/mol. The number of ether oxygens (including phenoxy) is 1. The van der Waals surface area contributed by atoms with Crippen molar-refractivity contribution in [3.63, 3.8) is 0 Å². The lowest BCUT2D eigenvalue weighted by Crippen LogP contribution is -2.43. The summed E-state index contributed by atoms with van der Waals surface area (Å²) in [5.74, 6) is 0.115. The van der Waals surface area contributed by atoms with Gasteiger partial charge < -0.3 is 30.4 Å². The van der Waals surface area contributed by atoms with E-state index >= 15 is 0 Å². The third kappa shape index (κ3) is 4.52. The van der Waals surface area contributed by atoms with Gasteiger partial charge in [-0.15, -0.1) is 0 Å². The smallest absolute Gasteiger partial charge is 0.508 e. The monoisotopic (exact) mass is 478 g/mol. The Balaban J connectivity index is 1.57. The number of carbonyl (C=O) groups is 1. The second-order valence-corrected chi connectivity index (χ2v) is 9.00. The number of aromatic amines is 1. The number of halogens is 2. The Morgan fingerprint density at radius 3 is 2.81 bits per heavy atom. The third-order valence-electron chi connectivity index (χ3n) is 6.14. The summed E-state index contributed by atoms with van der Waals surface area (Å²) in [6.07, 6.45) is 1.89. The highest BCUT2D eigenvalue weighted by atomic mass is 35.5. The lowest BCUT2D eigenvalue weighted by atomic mass is 9.71. The van der Waals surface area contributed by atoms with Crippen LogP contribution in [0.15, 0.2) is 36.4 Å². The van der Waals surface area contributed by atoms with Crippen LogP contribution in [-0.4, -0.2) is 33.0 Å². The number of phenols is 1. The molecular formula is C23H24Cl2N2O5. The van der Waals surface area contributed by atoms with Crippen LogP contribution in [0, 0.1) is 5.92 Å². The molecule has 0 bridgehead atoms. The first-order chi connectivity index (χ1) is 15.3. The van der Waals surface area contributed by atoms with Gasteiger partial charge in [0.1, 0.15) is 5.75 Å². The molecule has 0 radical (unpaired) electrons. The number of aliphatic hydroxyl groups is 1. The van der Waals surface area contributed by atoms with E-state index in [0.29, 0.717) is 45.0 Å². The molecule has 32 heavy (non-hydrogen) atoms. The van der Waals surface area contributed by atoms with E-state index in [1.807, 2.05) is 6.07 Å². The number of benzene rings is 2. The summed E-state index contributed by atoms with van der Waals surface area (Å²) >= 11 is 12.5. The van der Waals surface area contributed by atoms with Gasteiger partial charge in [0.05, 0.1) is 16.1 Å². The quantitative estimate of drug-likeness (QED) is 0.302. The molecule has 0 amide bonds. The number of aromatic hydroxyl groups is 1. The molecule has 5 N–H and O–H groups in total. The number of rotatable bonds is 6. The number of aromatic nitrogens is 1. The Morgan fingerprint density at radius 2 is 2.06 bits per heavy atom. The zero-order chi connectivity index (χ0) is 22.9. The molecule has 1 fully saturated rings. The van der Waals surface area contributed by atoms with Gasteiger partial charge in [0.2, 0.25) is 5.88 Å². The maximum Gasteiger partial charge on any atom is 0.512 e. The van der Waals surface area contributed by atoms with Gasteiger partial charge >= 0.3 is 6.16 Å². The van der Waals surface area contributed by atoms with Crippen molar-refractivity contribution in [1.82, 2.24) is 10.3 Å². The maximum atomic E-state index is 11.5. The van der Waals surface area contributed by atoms with Gasteiger partial charge in [-0.05, 0) is 42.7 Å². The Hall–Kier alpha value is -2.45. The molecule has 170 valence electrons. The van der Waals surface area contributed by atoms with E-state index in [4.69, 9.17) is 33.0 Å². The van der Waals surface area contributed by atoms with Crippen molar-refractivity contribution >= 4 is 40.3 Å². The van der Waals surface area contributed by atoms with Gasteiger partial charge in [-0.3, -0.25) is 0 Å². The van der Waals surface area contributed by atoms with Crippen LogP contribution in [0.1, 0.15) is 36.8 Å². The van der Waals surface area contributed by atoms with Crippen LogP contribution in [0.4, 0.5) is 4.79 Å². The van der Waals surface area contributed by atoms with E-state index in [9.17, 15) is 15.0 Å². The first-order valence-corrected chi connectivity index (χ1v) is 11.2. The van der Waals surface area contributed by atoms with Crippen LogP contribution in [0.3, 0.4) is 0 Å². The van der Waals surface area contributed by atoms with Crippen LogP contribution >= 0.6 is 23.2 Å². The predicted octanol–water partition coefficient (Wildman–Crippen LogP) is 5.40. The molecule has 1 saturated carbocycles. The predicted molar refractivity (Wildman–Crippen MR) is 123 cm³/mol. The van der Waals surface area contributed by atoms with Crippen molar-refractivity contribution in [2.75, 3.05) is 6.54 Å². The fourth-order valence-corrected chi connectivity index (χ4v) is 5.27. The van der Waals surface area contributed by atoms with E-state index in [1.54, 1.807) is 30.3 Å². The molecule has 2 atom stereocenters. The van der Waals surface area contributed by atoms with Crippen LogP contribution < -0.4 is 10.1 Å². The van der Waals surface area contributed by atoms with E-state index in [1.165, 1.54) is 0 Å². The molecule has 9 heteroatoms. The number of hydrogen-bond acceptors (Lipinski definition) is 5. The van der Waals surface area contributed by atoms with Gasteiger partial charge in [-0.1, -0.05) is 48.2 Å². The second kappa shape index (κ2) is 9.19. The Labute approximate surface area is 194 Å². The third-order valence-corrected chi connectivity index (χ3v) is 6.66. The number of carboxylic acid groups (broad SMARTS) is 1. The minimum Gasteiger partial charge on any atom is -0.508 e. The van der Waals surface area contributed by atoms with Crippen LogP contribution in [0.5, 0.6) is 11.6 Å². The summed E-state index contributed by atoms with van der Waals surface area (Å²) in [4.78, 5) is 14.1. The van der Waals surface area contributed by atoms with E-state index in [2.05, 4.69) is 10.3 Å². The molecule has 4 rings (SSSR count). The molecule has 0 saturated heterocycles. The molecule has 1 aliphatic carbocycles. The van der Waals surface area contributed by atoms with Crippen LogP contribution in [-0.2, 0) is 12.1 Å². The minimum absolute atomic E-state index is 0.0797. The SMILES string of the molecule is O=C(O)Oc1[nH]c2cc(Cl)cc(Cl)c2c1CNCC1CCCCC1(O)c1cccc(O)c1. The summed E-state index contributed by atoms with van der Waals surface area (Å²) in [5.41, 5.74) is 0.782. The molecule has 0 spiro atoms. The van der Waals surface area contributed by atoms with E-state index in [-0.39, 0.29) is 24.1 Å². The highest BCUT2D eigenvalue weighted by Crippen LogP contribution is 2.42. The molecule has 1 aromatic heterocycles. The van der Waals surface area contributed by atoms with Crippen LogP contribution in [0.2, 0.25) is 10.0 Å². The van der Waals surface area contributed by atoms with Gasteiger partial charge in [0.25, 0.3) is 0 Å². The topological polar surface area (TPSA) is 115 Å². The van der Waals surface area contributed by atoms with Gasteiger partial charge in [-0.25, -0.2) is 4.79 Å². The van der Waals surface area contributed by atoms with Crippen molar-refractivity contribution in [2.24, 2.45) is 5.92 Å². The van der Waals surface area contributed by atoms with Crippen molar-refractivity contribution in [1.29, 1.82) is 0 Å². The Kier molecular flexibility index (Phi) is 6.53. The average Bonchev–Trinajstić information content (AvgIpc) is 3.06. The minimum atomic E-state index is -1.44. The number of nitrogens with one attached hydrogen (secondary N) is 2. The van der Waals surface area contributed by atoms with E-state index < -0.39 is 11.8 Å². The summed E-state index contributed by atoms with van der Waals surface area (Å²) in [6, 6.07) is 10.0. The first kappa shape index (κ1) is 22.7. The number of hydrogen-bond donors (Lipinski definition) is 5. The molecule has 2 unspecified atom stereocenters. The molecule has 1 aliphatic rings. The summed E-state index contributed by atoms with van der Waals surface area (Å²) in [6.45, 7) is 0.757. The fraction of sp³-hybridized carbons (Fsp3) is 0.348. The molecule has 3 aromatic rings. The van der Waals surface area contributed by atoms with Crippen molar-refractivity contribution < 1.29 is 24.9 Å². The van der Waals surface area contributed by atoms with Crippen molar-refractivity contribution in [3.8, 4) is 11.6 Å². The standard InChI is InChI=1S/C23H24Cl2N2O5/c24-15-9-18(25)20-17(21(32-22(29)30)27-19(20)10-15)12-26-11-14-4-1-2-7-23(14,31)13-5-3-6-16(28)8-13/h3,5-6,8-10,14,26-28,31H,1-2,4,7,11-12H2,(H,29,30). The Morgan fingerprint density at radius 1 is 1.25 bits per heavy atom. The van der Waals surface area contributed by atoms with Crippen molar-refractivity contribution in [2.45, 2.75) is 37.8 Å². The largest absolute Gasteiger partial charge is 0.512 e. The zero-order valence-corrected chi connectivity index (χ0v) is 18.7. The number of phenolic OH excluding ortho intramolecular Hbond substituents is 1. The highest BCUT2D eigenvalue weighted by Gasteiger charge is 2.40. The fourth-order valence-electron chi connectivity index (χ4n) is 4.66. The second-order valence-electron chi connectivity index (χ2n) is 8.16. The van der Waals surface area contributed by atoms with Gasteiger partial charge in [0, 0.05) is 35.0 Å². The molecule has 2 aromatic carbocycles. The first-order valence-electron chi connectivity index (χ1n) is 10.4. The zero-order valence-electron chi connectivity index (χ0n) is 17.2. The summed E-state index contributed by atoms with van der Waals surface area (Å²) in [7, 11) is 0. The lowest BCUT2D eigenvalue weighted by molar-refractivity contribution is -0.0538.